The Morgan fingerprint density at radius 3 is 2.91 bits per heavy atom. The highest BCUT2D eigenvalue weighted by molar-refractivity contribution is 8.14. The molecule has 1 aromatic carbocycles. The number of benzene rings is 1. The third-order valence-corrected chi connectivity index (χ3v) is 4.46. The van der Waals surface area contributed by atoms with E-state index in [1.165, 1.54) is 5.56 Å². The molecule has 2 amide bonds. The number of aromatic nitrogens is 1. The minimum Gasteiger partial charge on any atom is -0.334 e. The fourth-order valence-corrected chi connectivity index (χ4v) is 3.29. The average molecular weight is 326 g/mol. The Hall–Kier alpha value is -2.34. The summed E-state index contributed by atoms with van der Waals surface area (Å²) in [6.45, 7) is 2.53. The van der Waals surface area contributed by atoms with Crippen LogP contribution in [0.3, 0.4) is 0 Å². The van der Waals surface area contributed by atoms with Crippen LogP contribution in [0.4, 0.5) is 4.79 Å². The molecule has 0 bridgehead atoms. The lowest BCUT2D eigenvalue weighted by molar-refractivity contribution is 0.245. The summed E-state index contributed by atoms with van der Waals surface area (Å²) in [7, 11) is 0. The summed E-state index contributed by atoms with van der Waals surface area (Å²) in [5, 5.41) is 6.32. The number of aryl methyl sites for hydroxylation is 1. The zero-order chi connectivity index (χ0) is 16.1. The van der Waals surface area contributed by atoms with E-state index in [9.17, 15) is 4.79 Å². The number of carbonyl (C=O) groups is 1. The SMILES string of the molecule is Cc1cccc(CNC(=O)NC2=NC(c3ccncc3)CS2)c1. The third kappa shape index (κ3) is 4.32. The lowest BCUT2D eigenvalue weighted by Gasteiger charge is -2.07. The van der Waals surface area contributed by atoms with Crippen LogP contribution < -0.4 is 10.6 Å². The van der Waals surface area contributed by atoms with Gasteiger partial charge in [0.25, 0.3) is 0 Å². The number of hydrogen-bond acceptors (Lipinski definition) is 4. The van der Waals surface area contributed by atoms with E-state index in [0.29, 0.717) is 11.7 Å². The molecule has 1 aliphatic heterocycles. The number of carbonyl (C=O) groups excluding carboxylic acids is 1. The van der Waals surface area contributed by atoms with Gasteiger partial charge in [0, 0.05) is 24.7 Å². The summed E-state index contributed by atoms with van der Waals surface area (Å²) in [6.07, 6.45) is 3.52. The molecule has 2 N–H and O–H groups in total. The average Bonchev–Trinajstić information content (AvgIpc) is 3.02. The van der Waals surface area contributed by atoms with Gasteiger partial charge in [0.1, 0.15) is 0 Å². The number of urea groups is 1. The van der Waals surface area contributed by atoms with Crippen LogP contribution in [0.15, 0.2) is 53.8 Å². The second-order valence-corrected chi connectivity index (χ2v) is 6.35. The first-order valence-electron chi connectivity index (χ1n) is 7.41. The normalized spacial score (nSPS) is 16.7. The van der Waals surface area contributed by atoms with E-state index in [1.807, 2.05) is 37.3 Å². The Labute approximate surface area is 139 Å². The van der Waals surface area contributed by atoms with Crippen LogP contribution in [0.25, 0.3) is 0 Å². The fourth-order valence-electron chi connectivity index (χ4n) is 2.34. The molecule has 5 nitrogen and oxygen atoms in total. The van der Waals surface area contributed by atoms with E-state index in [1.54, 1.807) is 24.2 Å². The zero-order valence-corrected chi connectivity index (χ0v) is 13.6. The van der Waals surface area contributed by atoms with Gasteiger partial charge in [-0.2, -0.15) is 0 Å². The molecular weight excluding hydrogens is 308 g/mol. The van der Waals surface area contributed by atoms with Gasteiger partial charge in [-0.05, 0) is 30.2 Å². The molecule has 0 spiro atoms. The fraction of sp³-hybridized carbons (Fsp3) is 0.235. The van der Waals surface area contributed by atoms with E-state index in [-0.39, 0.29) is 12.1 Å². The van der Waals surface area contributed by atoms with Gasteiger partial charge in [-0.1, -0.05) is 41.6 Å². The van der Waals surface area contributed by atoms with Crippen LogP contribution >= 0.6 is 11.8 Å². The molecule has 2 aromatic rings. The van der Waals surface area contributed by atoms with Crippen molar-refractivity contribution in [3.05, 3.63) is 65.5 Å². The molecular formula is C17H18N4OS. The number of nitrogens with one attached hydrogen (secondary N) is 2. The molecule has 1 unspecified atom stereocenters. The summed E-state index contributed by atoms with van der Waals surface area (Å²) >= 11 is 1.56. The van der Waals surface area contributed by atoms with E-state index in [4.69, 9.17) is 0 Å². The molecule has 2 heterocycles. The summed E-state index contributed by atoms with van der Waals surface area (Å²) < 4.78 is 0. The standard InChI is InChI=1S/C17H18N4OS/c1-12-3-2-4-13(9-12)10-19-16(22)21-17-20-15(11-23-17)14-5-7-18-8-6-14/h2-9,15H,10-11H2,1H3,(H2,19,20,21,22). The molecule has 118 valence electrons. The second kappa shape index (κ2) is 7.28. The molecule has 0 saturated heterocycles. The van der Waals surface area contributed by atoms with Gasteiger partial charge in [0.15, 0.2) is 5.17 Å². The number of amidine groups is 1. The quantitative estimate of drug-likeness (QED) is 0.911. The van der Waals surface area contributed by atoms with E-state index < -0.39 is 0 Å². The maximum atomic E-state index is 12.0. The van der Waals surface area contributed by atoms with E-state index in [2.05, 4.69) is 26.7 Å². The molecule has 1 atom stereocenters. The summed E-state index contributed by atoms with van der Waals surface area (Å²) in [5.41, 5.74) is 3.38. The Balaban J connectivity index is 1.52. The lowest BCUT2D eigenvalue weighted by Crippen LogP contribution is -2.37. The first-order valence-corrected chi connectivity index (χ1v) is 8.40. The van der Waals surface area contributed by atoms with Crippen LogP contribution in [0, 0.1) is 6.92 Å². The Bertz CT molecular complexity index is 718. The maximum absolute atomic E-state index is 12.0. The highest BCUT2D eigenvalue weighted by Crippen LogP contribution is 2.28. The van der Waals surface area contributed by atoms with Crippen molar-refractivity contribution in [1.29, 1.82) is 0 Å². The summed E-state index contributed by atoms with van der Waals surface area (Å²) in [6, 6.07) is 11.8. The number of nitrogens with zero attached hydrogens (tertiary/aromatic N) is 2. The van der Waals surface area contributed by atoms with Crippen LogP contribution in [0.5, 0.6) is 0 Å². The molecule has 0 fully saturated rings. The van der Waals surface area contributed by atoms with Crippen molar-refractivity contribution in [3.8, 4) is 0 Å². The number of hydrogen-bond donors (Lipinski definition) is 2. The van der Waals surface area contributed by atoms with Crippen LogP contribution in [0.1, 0.15) is 22.7 Å². The molecule has 3 rings (SSSR count). The van der Waals surface area contributed by atoms with Crippen molar-refractivity contribution in [2.75, 3.05) is 5.75 Å². The molecule has 0 saturated carbocycles. The number of pyridine rings is 1. The van der Waals surface area contributed by atoms with Gasteiger partial charge in [0.2, 0.25) is 0 Å². The minimum absolute atomic E-state index is 0.0788. The summed E-state index contributed by atoms with van der Waals surface area (Å²) in [5.74, 6) is 0.831. The predicted octanol–water partition coefficient (Wildman–Crippen LogP) is 3.03. The van der Waals surface area contributed by atoms with Crippen molar-refractivity contribution in [2.45, 2.75) is 19.5 Å². The van der Waals surface area contributed by atoms with Gasteiger partial charge in [-0.3, -0.25) is 15.3 Å². The zero-order valence-electron chi connectivity index (χ0n) is 12.8. The van der Waals surface area contributed by atoms with Crippen molar-refractivity contribution in [2.24, 2.45) is 4.99 Å². The van der Waals surface area contributed by atoms with Crippen molar-refractivity contribution < 1.29 is 4.79 Å². The van der Waals surface area contributed by atoms with Gasteiger partial charge in [-0.25, -0.2) is 4.79 Å². The van der Waals surface area contributed by atoms with Crippen LogP contribution in [-0.4, -0.2) is 21.9 Å². The molecule has 1 aliphatic rings. The Kier molecular flexibility index (Phi) is 4.92. The van der Waals surface area contributed by atoms with Crippen LogP contribution in [0.2, 0.25) is 0 Å². The molecule has 6 heteroatoms. The lowest BCUT2D eigenvalue weighted by atomic mass is 10.1. The van der Waals surface area contributed by atoms with Crippen molar-refractivity contribution in [3.63, 3.8) is 0 Å². The predicted molar refractivity (Wildman–Crippen MR) is 93.4 cm³/mol. The van der Waals surface area contributed by atoms with E-state index >= 15 is 0 Å². The van der Waals surface area contributed by atoms with Gasteiger partial charge >= 0.3 is 6.03 Å². The smallest absolute Gasteiger partial charge is 0.321 e. The Morgan fingerprint density at radius 2 is 2.13 bits per heavy atom. The first kappa shape index (κ1) is 15.6. The monoisotopic (exact) mass is 326 g/mol. The largest absolute Gasteiger partial charge is 0.334 e. The van der Waals surface area contributed by atoms with Crippen molar-refractivity contribution in [1.82, 2.24) is 15.6 Å². The minimum atomic E-state index is -0.229. The number of amides is 2. The highest BCUT2D eigenvalue weighted by Gasteiger charge is 2.21. The Morgan fingerprint density at radius 1 is 1.30 bits per heavy atom. The highest BCUT2D eigenvalue weighted by atomic mass is 32.2. The van der Waals surface area contributed by atoms with Gasteiger partial charge in [-0.15, -0.1) is 0 Å². The molecule has 1 aromatic heterocycles. The molecule has 23 heavy (non-hydrogen) atoms. The number of thioether (sulfide) groups is 1. The number of aliphatic imine (C=N–C) groups is 1. The van der Waals surface area contributed by atoms with Gasteiger partial charge < -0.3 is 5.32 Å². The summed E-state index contributed by atoms with van der Waals surface area (Å²) in [4.78, 5) is 20.5. The molecule has 0 radical (unpaired) electrons. The van der Waals surface area contributed by atoms with Gasteiger partial charge in [0.05, 0.1) is 6.04 Å². The molecule has 0 aliphatic carbocycles. The number of rotatable bonds is 3. The third-order valence-electron chi connectivity index (χ3n) is 3.50. The maximum Gasteiger partial charge on any atom is 0.321 e. The first-order chi connectivity index (χ1) is 11.2. The topological polar surface area (TPSA) is 66.4 Å². The van der Waals surface area contributed by atoms with E-state index in [0.717, 1.165) is 16.9 Å². The second-order valence-electron chi connectivity index (χ2n) is 5.34. The van der Waals surface area contributed by atoms with Crippen molar-refractivity contribution >= 4 is 23.0 Å². The van der Waals surface area contributed by atoms with Crippen LogP contribution in [-0.2, 0) is 6.54 Å².